The molecule has 2 amide bonds. The fourth-order valence-electron chi connectivity index (χ4n) is 5.08. The minimum absolute atomic E-state index is 0.0516. The van der Waals surface area contributed by atoms with Gasteiger partial charge in [0.2, 0.25) is 17.8 Å². The van der Waals surface area contributed by atoms with E-state index in [-0.39, 0.29) is 24.4 Å². The molecule has 194 valence electrons. The van der Waals surface area contributed by atoms with E-state index in [1.165, 1.54) is 4.68 Å². The summed E-state index contributed by atoms with van der Waals surface area (Å²) in [6.45, 7) is 2.91. The maximum atomic E-state index is 13.1. The monoisotopic (exact) mass is 507 g/mol. The fourth-order valence-corrected chi connectivity index (χ4v) is 5.08. The SMILES string of the molecule is Cc1ccc(OCCN(C)C(=O)Cn2cc(NC(=O)C34CC(C3)[C@@H](Nc3ncc(F)cn3)C4)cn2)cc1. The number of rotatable bonds is 10. The summed E-state index contributed by atoms with van der Waals surface area (Å²) in [4.78, 5) is 35.2. The molecule has 3 aliphatic rings. The Morgan fingerprint density at radius 2 is 1.89 bits per heavy atom. The van der Waals surface area contributed by atoms with Crippen molar-refractivity contribution < 1.29 is 18.7 Å². The topological polar surface area (TPSA) is 114 Å². The van der Waals surface area contributed by atoms with Crippen molar-refractivity contribution in [2.75, 3.05) is 30.8 Å². The van der Waals surface area contributed by atoms with Gasteiger partial charge in [-0.15, -0.1) is 0 Å². The molecule has 1 aromatic carbocycles. The standard InChI is InChI=1S/C26H30FN7O3/c1-17-3-5-21(6-4-17)37-8-7-33(2)23(35)16-34-15-20(14-30-34)31-24(36)26-9-18(10-26)22(11-26)32-25-28-12-19(27)13-29-25/h3-6,12-15,18,22H,7-11,16H2,1-2H3,(H,31,36)(H,28,29,32)/t18?,22-,26?/m0/s1. The van der Waals surface area contributed by atoms with Crippen LogP contribution in [0.25, 0.3) is 0 Å². The zero-order valence-electron chi connectivity index (χ0n) is 20.9. The number of ether oxygens (including phenoxy) is 1. The predicted molar refractivity (Wildman–Crippen MR) is 134 cm³/mol. The van der Waals surface area contributed by atoms with Crippen molar-refractivity contribution in [3.05, 3.63) is 60.4 Å². The van der Waals surface area contributed by atoms with E-state index in [1.807, 2.05) is 31.2 Å². The Labute approximate surface area is 214 Å². The van der Waals surface area contributed by atoms with E-state index >= 15 is 0 Å². The van der Waals surface area contributed by atoms with Crippen LogP contribution in [-0.2, 0) is 16.1 Å². The Balaban J connectivity index is 1.07. The molecular weight excluding hydrogens is 477 g/mol. The number of carbonyl (C=O) groups excluding carboxylic acids is 2. The van der Waals surface area contributed by atoms with Gasteiger partial charge in [-0.25, -0.2) is 14.4 Å². The molecule has 2 N–H and O–H groups in total. The number of likely N-dealkylation sites (N-methyl/N-ethyl adjacent to an activating group) is 1. The highest BCUT2D eigenvalue weighted by molar-refractivity contribution is 5.96. The van der Waals surface area contributed by atoms with E-state index in [0.29, 0.717) is 37.1 Å². The molecule has 0 aliphatic heterocycles. The third kappa shape index (κ3) is 5.55. The molecule has 37 heavy (non-hydrogen) atoms. The number of benzene rings is 1. The molecule has 2 aromatic heterocycles. The smallest absolute Gasteiger partial charge is 0.244 e. The van der Waals surface area contributed by atoms with Crippen molar-refractivity contribution >= 4 is 23.5 Å². The number of aromatic nitrogens is 4. The Kier molecular flexibility index (Phi) is 6.77. The van der Waals surface area contributed by atoms with Gasteiger partial charge in [0.15, 0.2) is 5.82 Å². The lowest BCUT2D eigenvalue weighted by molar-refractivity contribution is -0.131. The molecule has 2 heterocycles. The van der Waals surface area contributed by atoms with Gasteiger partial charge in [-0.3, -0.25) is 14.3 Å². The molecule has 3 saturated carbocycles. The summed E-state index contributed by atoms with van der Waals surface area (Å²) in [5.41, 5.74) is 1.27. The average Bonchev–Trinajstić information content (AvgIpc) is 3.55. The summed E-state index contributed by atoms with van der Waals surface area (Å²) in [5, 5.41) is 10.4. The van der Waals surface area contributed by atoms with E-state index in [0.717, 1.165) is 36.5 Å². The number of hydrogen-bond donors (Lipinski definition) is 2. The molecule has 3 aliphatic carbocycles. The van der Waals surface area contributed by atoms with Gasteiger partial charge in [0, 0.05) is 19.3 Å². The van der Waals surface area contributed by atoms with Gasteiger partial charge in [0.05, 0.1) is 36.2 Å². The van der Waals surface area contributed by atoms with Gasteiger partial charge in [-0.2, -0.15) is 5.10 Å². The van der Waals surface area contributed by atoms with Crippen LogP contribution < -0.4 is 15.4 Å². The molecule has 0 spiro atoms. The van der Waals surface area contributed by atoms with Crippen LogP contribution in [0.4, 0.5) is 16.0 Å². The third-order valence-corrected chi connectivity index (χ3v) is 7.23. The van der Waals surface area contributed by atoms with Crippen LogP contribution in [0.1, 0.15) is 24.8 Å². The highest BCUT2D eigenvalue weighted by atomic mass is 19.1. The highest BCUT2D eigenvalue weighted by Gasteiger charge is 2.60. The number of anilines is 2. The maximum absolute atomic E-state index is 13.1. The molecule has 0 unspecified atom stereocenters. The third-order valence-electron chi connectivity index (χ3n) is 7.23. The summed E-state index contributed by atoms with van der Waals surface area (Å²) in [5.74, 6) is 0.839. The van der Waals surface area contributed by atoms with Crippen molar-refractivity contribution in [2.24, 2.45) is 11.3 Å². The summed E-state index contributed by atoms with van der Waals surface area (Å²) >= 11 is 0. The summed E-state index contributed by atoms with van der Waals surface area (Å²) in [6, 6.07) is 7.84. The number of fused-ring (bicyclic) bond motifs is 1. The zero-order chi connectivity index (χ0) is 26.0. The van der Waals surface area contributed by atoms with E-state index in [1.54, 1.807) is 24.3 Å². The normalized spacial score (nSPS) is 21.7. The molecule has 10 nitrogen and oxygen atoms in total. The van der Waals surface area contributed by atoms with Crippen LogP contribution in [0, 0.1) is 24.1 Å². The Bertz CT molecular complexity index is 1260. The van der Waals surface area contributed by atoms with Crippen molar-refractivity contribution in [2.45, 2.75) is 38.8 Å². The molecule has 1 atom stereocenters. The number of halogens is 1. The summed E-state index contributed by atoms with van der Waals surface area (Å²) in [7, 11) is 1.72. The largest absolute Gasteiger partial charge is 0.492 e. The van der Waals surface area contributed by atoms with E-state index in [2.05, 4.69) is 25.7 Å². The fraction of sp³-hybridized carbons (Fsp3) is 0.423. The first-order valence-corrected chi connectivity index (χ1v) is 12.3. The first-order chi connectivity index (χ1) is 17.8. The molecule has 0 radical (unpaired) electrons. The van der Waals surface area contributed by atoms with Crippen molar-refractivity contribution in [1.29, 1.82) is 0 Å². The van der Waals surface area contributed by atoms with Gasteiger partial charge in [-0.1, -0.05) is 17.7 Å². The predicted octanol–water partition coefficient (Wildman–Crippen LogP) is 2.88. The first kappa shape index (κ1) is 24.7. The van der Waals surface area contributed by atoms with Crippen LogP contribution >= 0.6 is 0 Å². The van der Waals surface area contributed by atoms with E-state index in [4.69, 9.17) is 4.74 Å². The van der Waals surface area contributed by atoms with Crippen molar-refractivity contribution in [3.63, 3.8) is 0 Å². The van der Waals surface area contributed by atoms with Gasteiger partial charge in [-0.05, 0) is 44.2 Å². The Morgan fingerprint density at radius 3 is 2.62 bits per heavy atom. The number of amides is 2. The molecule has 3 fully saturated rings. The lowest BCUT2D eigenvalue weighted by Crippen LogP contribution is -2.40. The second-order valence-electron chi connectivity index (χ2n) is 9.99. The second-order valence-corrected chi connectivity index (χ2v) is 9.99. The van der Waals surface area contributed by atoms with Crippen LogP contribution in [0.3, 0.4) is 0 Å². The molecule has 3 aromatic rings. The minimum atomic E-state index is -0.488. The number of hydrogen-bond acceptors (Lipinski definition) is 7. The molecule has 6 rings (SSSR count). The van der Waals surface area contributed by atoms with E-state index < -0.39 is 11.2 Å². The number of nitrogens with one attached hydrogen (secondary N) is 2. The molecule has 2 bridgehead atoms. The molecule has 11 heteroatoms. The van der Waals surface area contributed by atoms with Crippen LogP contribution in [0.15, 0.2) is 49.1 Å². The number of aryl methyl sites for hydroxylation is 1. The quantitative estimate of drug-likeness (QED) is 0.434. The first-order valence-electron chi connectivity index (χ1n) is 12.3. The Morgan fingerprint density at radius 1 is 1.16 bits per heavy atom. The van der Waals surface area contributed by atoms with Gasteiger partial charge < -0.3 is 20.3 Å². The lowest BCUT2D eigenvalue weighted by atomic mass is 9.69. The number of carbonyl (C=O) groups is 2. The minimum Gasteiger partial charge on any atom is -0.492 e. The second kappa shape index (κ2) is 10.2. The average molecular weight is 508 g/mol. The summed E-state index contributed by atoms with van der Waals surface area (Å²) < 4.78 is 20.3. The van der Waals surface area contributed by atoms with Gasteiger partial charge >= 0.3 is 0 Å². The molecular formula is C26H30FN7O3. The van der Waals surface area contributed by atoms with Crippen LogP contribution in [0.2, 0.25) is 0 Å². The van der Waals surface area contributed by atoms with Crippen molar-refractivity contribution in [3.8, 4) is 5.75 Å². The molecule has 0 saturated heterocycles. The highest BCUT2D eigenvalue weighted by Crippen LogP contribution is 2.59. The lowest BCUT2D eigenvalue weighted by Gasteiger charge is -2.36. The van der Waals surface area contributed by atoms with Crippen LogP contribution in [0.5, 0.6) is 5.75 Å². The number of nitrogens with zero attached hydrogens (tertiary/aromatic N) is 5. The van der Waals surface area contributed by atoms with Crippen molar-refractivity contribution in [1.82, 2.24) is 24.6 Å². The maximum Gasteiger partial charge on any atom is 0.244 e. The van der Waals surface area contributed by atoms with E-state index in [9.17, 15) is 14.0 Å². The van der Waals surface area contributed by atoms with Gasteiger partial charge in [0.1, 0.15) is 18.9 Å². The van der Waals surface area contributed by atoms with Gasteiger partial charge in [0.25, 0.3) is 0 Å². The zero-order valence-corrected chi connectivity index (χ0v) is 20.9. The van der Waals surface area contributed by atoms with Crippen LogP contribution in [-0.4, -0.2) is 62.7 Å². The summed E-state index contributed by atoms with van der Waals surface area (Å²) in [6.07, 6.45) is 7.67. The Hall–Kier alpha value is -4.02.